The summed E-state index contributed by atoms with van der Waals surface area (Å²) in [5.74, 6) is -0.187. The summed E-state index contributed by atoms with van der Waals surface area (Å²) < 4.78 is 4.88. The second kappa shape index (κ2) is 7.10. The highest BCUT2D eigenvalue weighted by Gasteiger charge is 2.33. The van der Waals surface area contributed by atoms with Crippen molar-refractivity contribution < 1.29 is 9.53 Å². The first-order valence-electron chi connectivity index (χ1n) is 6.66. The smallest absolute Gasteiger partial charge is 0.325 e. The topological polar surface area (TPSA) is 41.6 Å². The van der Waals surface area contributed by atoms with Crippen LogP contribution in [0.25, 0.3) is 0 Å². The molecule has 0 heterocycles. The van der Waals surface area contributed by atoms with Crippen LogP contribution >= 0.6 is 0 Å². The predicted octanol–water partition coefficient (Wildman–Crippen LogP) is 1.90. The summed E-state index contributed by atoms with van der Waals surface area (Å²) in [5.41, 5.74) is -0.315. The van der Waals surface area contributed by atoms with E-state index in [1.807, 2.05) is 13.8 Å². The number of nitrogens with zero attached hydrogens (tertiary/aromatic N) is 1. The van der Waals surface area contributed by atoms with Crippen molar-refractivity contribution in [2.24, 2.45) is 5.41 Å². The van der Waals surface area contributed by atoms with Gasteiger partial charge in [-0.15, -0.1) is 0 Å². The van der Waals surface area contributed by atoms with E-state index in [0.29, 0.717) is 0 Å². The predicted molar refractivity (Wildman–Crippen MR) is 75.7 cm³/mol. The lowest BCUT2D eigenvalue weighted by Gasteiger charge is -2.32. The molecule has 0 aliphatic rings. The summed E-state index contributed by atoms with van der Waals surface area (Å²) in [6.45, 7) is 13.2. The molecule has 0 aliphatic carbocycles. The van der Waals surface area contributed by atoms with Gasteiger partial charge in [0.1, 0.15) is 5.54 Å². The molecule has 0 aromatic heterocycles. The van der Waals surface area contributed by atoms with Crippen LogP contribution in [-0.2, 0) is 9.53 Å². The number of likely N-dealkylation sites (N-methyl/N-ethyl adjacent to an activating group) is 1. The van der Waals surface area contributed by atoms with E-state index in [4.69, 9.17) is 4.74 Å². The zero-order valence-corrected chi connectivity index (χ0v) is 13.1. The highest BCUT2D eigenvalue weighted by Crippen LogP contribution is 2.17. The molecule has 0 radical (unpaired) electrons. The van der Waals surface area contributed by atoms with E-state index < -0.39 is 5.54 Å². The number of carbonyl (C=O) groups excluding carboxylic acids is 1. The number of carbonyl (C=O) groups is 1. The number of rotatable bonds is 7. The molecule has 0 spiro atoms. The third kappa shape index (κ3) is 6.36. The minimum Gasteiger partial charge on any atom is -0.468 e. The van der Waals surface area contributed by atoms with Crippen molar-refractivity contribution in [1.82, 2.24) is 10.2 Å². The number of hydrogen-bond acceptors (Lipinski definition) is 4. The Bertz CT molecular complexity index is 261. The summed E-state index contributed by atoms with van der Waals surface area (Å²) >= 11 is 0. The number of esters is 1. The third-order valence-corrected chi connectivity index (χ3v) is 2.94. The first kappa shape index (κ1) is 17.4. The van der Waals surface area contributed by atoms with Crippen molar-refractivity contribution >= 4 is 5.97 Å². The Balaban J connectivity index is 4.40. The molecule has 108 valence electrons. The average Bonchev–Trinajstić information content (AvgIpc) is 2.23. The maximum Gasteiger partial charge on any atom is 0.325 e. The first-order chi connectivity index (χ1) is 8.14. The molecule has 1 unspecified atom stereocenters. The summed E-state index contributed by atoms with van der Waals surface area (Å²) in [6, 6.07) is 0. The van der Waals surface area contributed by atoms with Gasteiger partial charge in [0.2, 0.25) is 0 Å². The summed E-state index contributed by atoms with van der Waals surface area (Å²) in [7, 11) is 3.53. The molecule has 0 aromatic rings. The Hall–Kier alpha value is -0.610. The molecular weight excluding hydrogens is 228 g/mol. The lowest BCUT2D eigenvalue weighted by molar-refractivity contribution is -0.148. The molecule has 0 saturated carbocycles. The van der Waals surface area contributed by atoms with Gasteiger partial charge in [-0.25, -0.2) is 0 Å². The molecule has 0 rings (SSSR count). The fourth-order valence-electron chi connectivity index (χ4n) is 2.18. The molecule has 0 fully saturated rings. The lowest BCUT2D eigenvalue weighted by Crippen LogP contribution is -2.52. The average molecular weight is 258 g/mol. The third-order valence-electron chi connectivity index (χ3n) is 2.94. The van der Waals surface area contributed by atoms with Crippen LogP contribution < -0.4 is 5.32 Å². The normalized spacial score (nSPS) is 15.6. The van der Waals surface area contributed by atoms with Crippen LogP contribution in [0.4, 0.5) is 0 Å². The van der Waals surface area contributed by atoms with Crippen LogP contribution in [0.5, 0.6) is 0 Å². The molecule has 18 heavy (non-hydrogen) atoms. The SMILES string of the molecule is CCNC(C)(CCN(C)CC(C)(C)C)C(=O)OC. The Morgan fingerprint density at radius 1 is 1.28 bits per heavy atom. The van der Waals surface area contributed by atoms with Gasteiger partial charge in [-0.3, -0.25) is 4.79 Å². The summed E-state index contributed by atoms with van der Waals surface area (Å²) in [4.78, 5) is 14.1. The zero-order chi connectivity index (χ0) is 14.4. The van der Waals surface area contributed by atoms with Crippen LogP contribution in [0.2, 0.25) is 0 Å². The van der Waals surface area contributed by atoms with Crippen molar-refractivity contribution in [3.63, 3.8) is 0 Å². The van der Waals surface area contributed by atoms with E-state index in [-0.39, 0.29) is 11.4 Å². The van der Waals surface area contributed by atoms with Crippen LogP contribution in [0.1, 0.15) is 41.0 Å². The minimum atomic E-state index is -0.588. The van der Waals surface area contributed by atoms with E-state index in [9.17, 15) is 4.79 Å². The zero-order valence-electron chi connectivity index (χ0n) is 13.1. The number of methoxy groups -OCH3 is 1. The molecule has 0 amide bonds. The van der Waals surface area contributed by atoms with Gasteiger partial charge in [-0.05, 0) is 32.4 Å². The Kier molecular flexibility index (Phi) is 6.86. The molecule has 0 bridgehead atoms. The van der Waals surface area contributed by atoms with Gasteiger partial charge in [-0.2, -0.15) is 0 Å². The maximum atomic E-state index is 11.8. The van der Waals surface area contributed by atoms with Gasteiger partial charge in [0.25, 0.3) is 0 Å². The van der Waals surface area contributed by atoms with Crippen LogP contribution in [0.15, 0.2) is 0 Å². The van der Waals surface area contributed by atoms with Crippen LogP contribution in [0, 0.1) is 5.41 Å². The molecule has 1 atom stereocenters. The van der Waals surface area contributed by atoms with Crippen molar-refractivity contribution in [2.75, 3.05) is 33.8 Å². The van der Waals surface area contributed by atoms with Crippen molar-refractivity contribution in [3.05, 3.63) is 0 Å². The second-order valence-corrected chi connectivity index (χ2v) is 6.40. The van der Waals surface area contributed by atoms with E-state index in [1.165, 1.54) is 7.11 Å². The van der Waals surface area contributed by atoms with E-state index in [2.05, 4.69) is 38.0 Å². The molecule has 4 nitrogen and oxygen atoms in total. The standard InChI is InChI=1S/C14H30N2O2/c1-8-15-14(5,12(17)18-7)9-10-16(6)11-13(2,3)4/h15H,8-11H2,1-7H3. The molecule has 0 aromatic carbocycles. The number of ether oxygens (including phenoxy) is 1. The monoisotopic (exact) mass is 258 g/mol. The minimum absolute atomic E-state index is 0.187. The van der Waals surface area contributed by atoms with Gasteiger partial charge in [0.05, 0.1) is 7.11 Å². The lowest BCUT2D eigenvalue weighted by atomic mass is 9.94. The molecule has 4 heteroatoms. The van der Waals surface area contributed by atoms with E-state index in [0.717, 1.165) is 26.1 Å². The quantitative estimate of drug-likeness (QED) is 0.708. The fourth-order valence-corrected chi connectivity index (χ4v) is 2.18. The summed E-state index contributed by atoms with van der Waals surface area (Å²) in [5, 5.41) is 3.23. The van der Waals surface area contributed by atoms with Gasteiger partial charge in [-0.1, -0.05) is 27.7 Å². The fraction of sp³-hybridized carbons (Fsp3) is 0.929. The second-order valence-electron chi connectivity index (χ2n) is 6.40. The Morgan fingerprint density at radius 2 is 1.83 bits per heavy atom. The highest BCUT2D eigenvalue weighted by atomic mass is 16.5. The molecular formula is C14H30N2O2. The maximum absolute atomic E-state index is 11.8. The first-order valence-corrected chi connectivity index (χ1v) is 6.66. The molecule has 1 N–H and O–H groups in total. The molecule has 0 saturated heterocycles. The van der Waals surface area contributed by atoms with Gasteiger partial charge < -0.3 is 15.0 Å². The highest BCUT2D eigenvalue weighted by molar-refractivity contribution is 5.80. The van der Waals surface area contributed by atoms with Gasteiger partial charge >= 0.3 is 5.97 Å². The van der Waals surface area contributed by atoms with E-state index >= 15 is 0 Å². The van der Waals surface area contributed by atoms with E-state index in [1.54, 1.807) is 0 Å². The van der Waals surface area contributed by atoms with Gasteiger partial charge in [0.15, 0.2) is 0 Å². The van der Waals surface area contributed by atoms with Crippen molar-refractivity contribution in [3.8, 4) is 0 Å². The summed E-state index contributed by atoms with van der Waals surface area (Å²) in [6.07, 6.45) is 0.750. The van der Waals surface area contributed by atoms with Crippen molar-refractivity contribution in [2.45, 2.75) is 46.6 Å². The van der Waals surface area contributed by atoms with Crippen LogP contribution in [0.3, 0.4) is 0 Å². The Morgan fingerprint density at radius 3 is 2.22 bits per heavy atom. The van der Waals surface area contributed by atoms with Gasteiger partial charge in [0, 0.05) is 13.1 Å². The number of nitrogens with one attached hydrogen (secondary N) is 1. The van der Waals surface area contributed by atoms with Crippen molar-refractivity contribution in [1.29, 1.82) is 0 Å². The Labute approximate surface area is 112 Å². The largest absolute Gasteiger partial charge is 0.468 e. The number of hydrogen-bond donors (Lipinski definition) is 1. The molecule has 0 aliphatic heterocycles. The van der Waals surface area contributed by atoms with Crippen LogP contribution in [-0.4, -0.2) is 50.2 Å².